The second-order valence-electron chi connectivity index (χ2n) is 13.1. The van der Waals surface area contributed by atoms with E-state index in [-0.39, 0.29) is 5.41 Å². The highest BCUT2D eigenvalue weighted by Crippen LogP contribution is 2.63. The molecule has 0 atom stereocenters. The van der Waals surface area contributed by atoms with Gasteiger partial charge in [0.25, 0.3) is 0 Å². The van der Waals surface area contributed by atoms with Crippen LogP contribution in [0.2, 0.25) is 0 Å². The highest BCUT2D eigenvalue weighted by molar-refractivity contribution is 5.96. The summed E-state index contributed by atoms with van der Waals surface area (Å²) >= 11 is 0. The van der Waals surface area contributed by atoms with Crippen LogP contribution in [0.25, 0.3) is 33.4 Å². The fraction of sp³-hybridized carbons (Fsp3) is 0.0870. The molecule has 1 heteroatoms. The molecule has 0 aliphatic heterocycles. The van der Waals surface area contributed by atoms with Crippen LogP contribution >= 0.6 is 0 Å². The lowest BCUT2D eigenvalue weighted by molar-refractivity contribution is 0.793. The van der Waals surface area contributed by atoms with Crippen LogP contribution in [0, 0.1) is 20.8 Å². The van der Waals surface area contributed by atoms with E-state index in [2.05, 4.69) is 183 Å². The molecule has 2 aliphatic rings. The first-order chi connectivity index (χ1) is 23.1. The Morgan fingerprint density at radius 3 is 1.32 bits per heavy atom. The molecule has 0 unspecified atom stereocenters. The van der Waals surface area contributed by atoms with Gasteiger partial charge in [0.2, 0.25) is 0 Å². The predicted octanol–water partition coefficient (Wildman–Crippen LogP) is 12.1. The number of hydrogen-bond acceptors (Lipinski definition) is 1. The van der Waals surface area contributed by atoms with E-state index in [1.807, 2.05) is 0 Å². The highest BCUT2D eigenvalue weighted by atomic mass is 15.1. The molecule has 224 valence electrons. The first-order valence-electron chi connectivity index (χ1n) is 16.5. The summed E-state index contributed by atoms with van der Waals surface area (Å²) in [6.07, 6.45) is 0. The van der Waals surface area contributed by atoms with Crippen molar-refractivity contribution >= 4 is 17.1 Å². The van der Waals surface area contributed by atoms with Crippen molar-refractivity contribution in [3.63, 3.8) is 0 Å². The van der Waals surface area contributed by atoms with Gasteiger partial charge in [-0.15, -0.1) is 0 Å². The van der Waals surface area contributed by atoms with E-state index in [1.165, 1.54) is 72.3 Å². The number of aryl methyl sites for hydroxylation is 3. The Kier molecular flexibility index (Phi) is 6.14. The van der Waals surface area contributed by atoms with Gasteiger partial charge in [-0.3, -0.25) is 0 Å². The second kappa shape index (κ2) is 10.4. The Morgan fingerprint density at radius 1 is 0.340 bits per heavy atom. The molecule has 7 aromatic rings. The fourth-order valence-corrected chi connectivity index (χ4v) is 8.33. The maximum atomic E-state index is 2.47. The zero-order chi connectivity index (χ0) is 31.7. The van der Waals surface area contributed by atoms with Crippen LogP contribution in [0.15, 0.2) is 158 Å². The molecule has 0 saturated carbocycles. The van der Waals surface area contributed by atoms with Crippen LogP contribution in [-0.4, -0.2) is 0 Å². The second-order valence-corrected chi connectivity index (χ2v) is 13.1. The van der Waals surface area contributed by atoms with E-state index in [0.29, 0.717) is 0 Å². The molecule has 0 radical (unpaired) electrons. The highest BCUT2D eigenvalue weighted by Gasteiger charge is 2.51. The topological polar surface area (TPSA) is 3.24 Å². The minimum Gasteiger partial charge on any atom is -0.310 e. The quantitative estimate of drug-likeness (QED) is 0.194. The number of nitrogens with zero attached hydrogens (tertiary/aromatic N) is 1. The third-order valence-electron chi connectivity index (χ3n) is 10.4. The molecule has 0 saturated heterocycles. The number of rotatable bonds is 4. The van der Waals surface area contributed by atoms with Crippen molar-refractivity contribution in [1.82, 2.24) is 0 Å². The lowest BCUT2D eigenvalue weighted by atomic mass is 9.70. The maximum absolute atomic E-state index is 2.47. The fourth-order valence-electron chi connectivity index (χ4n) is 8.33. The Balaban J connectivity index is 1.29. The number of benzene rings is 7. The molecule has 0 amide bonds. The van der Waals surface area contributed by atoms with Crippen LogP contribution in [0.1, 0.15) is 38.9 Å². The van der Waals surface area contributed by atoms with Gasteiger partial charge in [-0.05, 0) is 124 Å². The average molecular weight is 602 g/mol. The Bertz CT molecular complexity index is 2280. The van der Waals surface area contributed by atoms with Crippen LogP contribution in [0.5, 0.6) is 0 Å². The van der Waals surface area contributed by atoms with Crippen molar-refractivity contribution in [2.75, 3.05) is 4.90 Å². The minimum absolute atomic E-state index is 0.376. The van der Waals surface area contributed by atoms with E-state index in [1.54, 1.807) is 0 Å². The van der Waals surface area contributed by atoms with E-state index < -0.39 is 0 Å². The van der Waals surface area contributed by atoms with Crippen molar-refractivity contribution in [1.29, 1.82) is 0 Å². The largest absolute Gasteiger partial charge is 0.310 e. The van der Waals surface area contributed by atoms with Gasteiger partial charge >= 0.3 is 0 Å². The van der Waals surface area contributed by atoms with Crippen LogP contribution in [-0.2, 0) is 5.41 Å². The summed E-state index contributed by atoms with van der Waals surface area (Å²) < 4.78 is 0. The maximum Gasteiger partial charge on any atom is 0.0726 e. The van der Waals surface area contributed by atoms with E-state index >= 15 is 0 Å². The first-order valence-corrected chi connectivity index (χ1v) is 16.5. The molecule has 9 rings (SSSR count). The predicted molar refractivity (Wildman–Crippen MR) is 197 cm³/mol. The molecule has 1 nitrogen and oxygen atoms in total. The molecule has 0 aromatic heterocycles. The number of hydrogen-bond donors (Lipinski definition) is 0. The summed E-state index contributed by atoms with van der Waals surface area (Å²) in [4.78, 5) is 2.43. The summed E-state index contributed by atoms with van der Waals surface area (Å²) in [7, 11) is 0. The Morgan fingerprint density at radius 2 is 0.766 bits per heavy atom. The summed E-state index contributed by atoms with van der Waals surface area (Å²) in [5.74, 6) is 0. The average Bonchev–Trinajstić information content (AvgIpc) is 3.57. The molecule has 0 bridgehead atoms. The molecule has 0 heterocycles. The third kappa shape index (κ3) is 3.96. The molecular weight excluding hydrogens is 567 g/mol. The molecule has 47 heavy (non-hydrogen) atoms. The van der Waals surface area contributed by atoms with Crippen molar-refractivity contribution in [3.05, 3.63) is 197 Å². The SMILES string of the molecule is Cc1ccc(N(c2ccc(-c3ccccc3C)c(C)c2)c2ccc3c(c2)C2(c4ccccc4-c4ccccc42)c2ccccc2-3)cc1. The van der Waals surface area contributed by atoms with Gasteiger partial charge < -0.3 is 4.90 Å². The van der Waals surface area contributed by atoms with Gasteiger partial charge in [0.05, 0.1) is 5.41 Å². The van der Waals surface area contributed by atoms with Gasteiger partial charge in [-0.1, -0.05) is 127 Å². The Hall–Kier alpha value is -5.66. The van der Waals surface area contributed by atoms with Crippen molar-refractivity contribution < 1.29 is 0 Å². The molecule has 7 aromatic carbocycles. The standard InChI is InChI=1S/C46H35N/c1-30-20-22-33(23-21-30)47(34-24-26-37(32(3)28-34)36-13-5-4-12-31(36)2)35-25-27-41-40-16-8-11-19-44(40)46(45(41)29-35)42-17-9-6-14-38(42)39-15-7-10-18-43(39)46/h4-29H,1-3H3. The first kappa shape index (κ1) is 27.6. The van der Waals surface area contributed by atoms with Crippen molar-refractivity contribution in [2.24, 2.45) is 0 Å². The summed E-state index contributed by atoms with van der Waals surface area (Å²) in [5, 5.41) is 0. The molecule has 0 fully saturated rings. The van der Waals surface area contributed by atoms with Crippen LogP contribution in [0.3, 0.4) is 0 Å². The molecule has 2 aliphatic carbocycles. The Labute approximate surface area is 277 Å². The van der Waals surface area contributed by atoms with Crippen molar-refractivity contribution in [3.8, 4) is 33.4 Å². The zero-order valence-electron chi connectivity index (χ0n) is 27.0. The number of fused-ring (bicyclic) bond motifs is 10. The summed E-state index contributed by atoms with van der Waals surface area (Å²) in [6, 6.07) is 58.7. The number of anilines is 3. The third-order valence-corrected chi connectivity index (χ3v) is 10.4. The van der Waals surface area contributed by atoms with Gasteiger partial charge in [0, 0.05) is 17.1 Å². The zero-order valence-corrected chi connectivity index (χ0v) is 27.0. The van der Waals surface area contributed by atoms with Gasteiger partial charge in [-0.25, -0.2) is 0 Å². The van der Waals surface area contributed by atoms with E-state index in [9.17, 15) is 0 Å². The smallest absolute Gasteiger partial charge is 0.0726 e. The van der Waals surface area contributed by atoms with Gasteiger partial charge in [0.1, 0.15) is 0 Å². The lowest BCUT2D eigenvalue weighted by Gasteiger charge is -2.32. The van der Waals surface area contributed by atoms with E-state index in [0.717, 1.165) is 17.1 Å². The van der Waals surface area contributed by atoms with Gasteiger partial charge in [-0.2, -0.15) is 0 Å². The van der Waals surface area contributed by atoms with Gasteiger partial charge in [0.15, 0.2) is 0 Å². The monoisotopic (exact) mass is 601 g/mol. The van der Waals surface area contributed by atoms with Crippen molar-refractivity contribution in [2.45, 2.75) is 26.2 Å². The molecule has 0 N–H and O–H groups in total. The van der Waals surface area contributed by atoms with E-state index in [4.69, 9.17) is 0 Å². The van der Waals surface area contributed by atoms with Crippen LogP contribution in [0.4, 0.5) is 17.1 Å². The minimum atomic E-state index is -0.376. The lowest BCUT2D eigenvalue weighted by Crippen LogP contribution is -2.26. The summed E-state index contributed by atoms with van der Waals surface area (Å²) in [6.45, 7) is 6.58. The molecular formula is C46H35N. The molecule has 1 spiro atoms. The normalized spacial score (nSPS) is 13.2. The van der Waals surface area contributed by atoms with Crippen LogP contribution < -0.4 is 4.90 Å². The summed E-state index contributed by atoms with van der Waals surface area (Å²) in [5.41, 5.74) is 20.2.